The van der Waals surface area contributed by atoms with Crippen molar-refractivity contribution in [3.05, 3.63) is 0 Å². The van der Waals surface area contributed by atoms with Gasteiger partial charge in [0.2, 0.25) is 0 Å². The summed E-state index contributed by atoms with van der Waals surface area (Å²) in [5, 5.41) is 0. The van der Waals surface area contributed by atoms with Gasteiger partial charge in [-0.05, 0) is 25.8 Å². The van der Waals surface area contributed by atoms with Crippen molar-refractivity contribution in [2.45, 2.75) is 193 Å². The van der Waals surface area contributed by atoms with Crippen molar-refractivity contribution in [1.82, 2.24) is 0 Å². The number of hydrogen-bond acceptors (Lipinski definition) is 7. The zero-order chi connectivity index (χ0) is 31.5. The molecule has 0 aliphatic carbocycles. The Bertz CT molecular complexity index is 621. The van der Waals surface area contributed by atoms with Gasteiger partial charge in [-0.3, -0.25) is 14.1 Å². The minimum atomic E-state index is -0.731. The second kappa shape index (κ2) is 35.4. The lowest BCUT2D eigenvalue weighted by Gasteiger charge is -2.16. The van der Waals surface area contributed by atoms with Crippen molar-refractivity contribution in [2.75, 3.05) is 19.8 Å². The van der Waals surface area contributed by atoms with Crippen LogP contribution < -0.4 is 5.73 Å². The average Bonchev–Trinajstić information content (AvgIpc) is 3.01. The molecule has 0 spiro atoms. The van der Waals surface area contributed by atoms with E-state index in [0.717, 1.165) is 51.5 Å². The fraction of sp³-hybridized carbons (Fsp3) is 0.943. The van der Waals surface area contributed by atoms with E-state index in [1.54, 1.807) is 0 Å². The molecule has 0 aliphatic heterocycles. The topological polar surface area (TPSA) is 105 Å². The summed E-state index contributed by atoms with van der Waals surface area (Å²) in [5.74, 6) is -0.610. The van der Waals surface area contributed by atoms with Crippen LogP contribution >= 0.6 is 8.69 Å². The van der Waals surface area contributed by atoms with Gasteiger partial charge in [-0.2, -0.15) is 0 Å². The fourth-order valence-electron chi connectivity index (χ4n) is 5.38. The van der Waals surface area contributed by atoms with Crippen molar-refractivity contribution in [3.63, 3.8) is 0 Å². The monoisotopic (exact) mass is 629 g/mol. The third-order valence-corrected chi connectivity index (χ3v) is 8.37. The summed E-state index contributed by atoms with van der Waals surface area (Å²) in [5.41, 5.74) is 5.53. The first-order valence-corrected chi connectivity index (χ1v) is 18.9. The highest BCUT2D eigenvalue weighted by Gasteiger charge is 2.17. The molecule has 254 valence electrons. The standard InChI is InChI=1S/C35H68NO6P/c1-2-3-4-5-6-7-8-10-14-17-20-23-26-29-35(38)42-33(32-41-43-39)31-40-34(37)28-25-22-19-16-13-11-9-12-15-18-21-24-27-30-36/h33H,2-32,36H2,1H3/t33-/m1/s1. The van der Waals surface area contributed by atoms with Gasteiger partial charge < -0.3 is 15.2 Å². The highest BCUT2D eigenvalue weighted by molar-refractivity contribution is 7.17. The normalized spacial score (nSPS) is 12.0. The van der Waals surface area contributed by atoms with Crippen LogP contribution in [0.25, 0.3) is 0 Å². The van der Waals surface area contributed by atoms with Crippen LogP contribution in [-0.4, -0.2) is 37.8 Å². The lowest BCUT2D eigenvalue weighted by molar-refractivity contribution is -0.160. The Morgan fingerprint density at radius 2 is 0.907 bits per heavy atom. The van der Waals surface area contributed by atoms with E-state index >= 15 is 0 Å². The summed E-state index contributed by atoms with van der Waals surface area (Å²) >= 11 is 0. The molecule has 0 aromatic carbocycles. The molecule has 0 aromatic heterocycles. The van der Waals surface area contributed by atoms with Crippen molar-refractivity contribution < 1.29 is 28.2 Å². The van der Waals surface area contributed by atoms with Crippen molar-refractivity contribution in [2.24, 2.45) is 5.73 Å². The summed E-state index contributed by atoms with van der Waals surface area (Å²) in [7, 11) is -0.483. The van der Waals surface area contributed by atoms with E-state index in [4.69, 9.17) is 19.7 Å². The van der Waals surface area contributed by atoms with Crippen LogP contribution in [0.5, 0.6) is 0 Å². The van der Waals surface area contributed by atoms with E-state index in [-0.39, 0.29) is 25.2 Å². The molecule has 1 atom stereocenters. The molecular formula is C35H68NO6P. The maximum Gasteiger partial charge on any atom is 0.327 e. The van der Waals surface area contributed by atoms with Gasteiger partial charge in [0, 0.05) is 12.8 Å². The van der Waals surface area contributed by atoms with E-state index in [1.165, 1.54) is 122 Å². The number of unbranched alkanes of at least 4 members (excludes halogenated alkanes) is 24. The first-order chi connectivity index (χ1) is 21.1. The number of carbonyl (C=O) groups is 2. The number of hydrogen-bond donors (Lipinski definition) is 1. The highest BCUT2D eigenvalue weighted by Crippen LogP contribution is 2.15. The van der Waals surface area contributed by atoms with Crippen molar-refractivity contribution in [3.8, 4) is 0 Å². The van der Waals surface area contributed by atoms with Crippen LogP contribution in [0.4, 0.5) is 0 Å². The van der Waals surface area contributed by atoms with Gasteiger partial charge in [-0.15, -0.1) is 0 Å². The van der Waals surface area contributed by atoms with E-state index in [9.17, 15) is 14.2 Å². The minimum Gasteiger partial charge on any atom is -0.462 e. The molecule has 0 fully saturated rings. The van der Waals surface area contributed by atoms with Crippen LogP contribution in [0.1, 0.15) is 187 Å². The zero-order valence-corrected chi connectivity index (χ0v) is 28.9. The quantitative estimate of drug-likeness (QED) is 0.0422. The number of esters is 2. The Hall–Kier alpha value is -1.04. The minimum absolute atomic E-state index is 0.0586. The van der Waals surface area contributed by atoms with Crippen LogP contribution in [0.15, 0.2) is 0 Å². The molecule has 0 amide bonds. The second-order valence-electron chi connectivity index (χ2n) is 12.3. The predicted molar refractivity (Wildman–Crippen MR) is 178 cm³/mol. The molecule has 0 radical (unpaired) electrons. The lowest BCUT2D eigenvalue weighted by Crippen LogP contribution is -2.28. The summed E-state index contributed by atoms with van der Waals surface area (Å²) in [6.07, 6.45) is 32.1. The average molecular weight is 630 g/mol. The van der Waals surface area contributed by atoms with E-state index < -0.39 is 14.8 Å². The summed E-state index contributed by atoms with van der Waals surface area (Å²) in [4.78, 5) is 24.4. The lowest BCUT2D eigenvalue weighted by atomic mass is 10.0. The molecule has 43 heavy (non-hydrogen) atoms. The molecule has 0 saturated carbocycles. The first kappa shape index (κ1) is 42.0. The Kier molecular flexibility index (Phi) is 34.6. The fourth-order valence-corrected chi connectivity index (χ4v) is 5.61. The van der Waals surface area contributed by atoms with Gasteiger partial charge in [0.15, 0.2) is 6.10 Å². The van der Waals surface area contributed by atoms with Gasteiger partial charge in [0.25, 0.3) is 0 Å². The zero-order valence-electron chi connectivity index (χ0n) is 28.0. The van der Waals surface area contributed by atoms with Gasteiger partial charge >= 0.3 is 20.6 Å². The maximum atomic E-state index is 12.3. The predicted octanol–water partition coefficient (Wildman–Crippen LogP) is 10.6. The SMILES string of the molecule is CCCCCCCCCCCCCCCC(=O)O[C@@H](COP=O)COC(=O)CCCCCCCCCCCCCCCN. The van der Waals surface area contributed by atoms with Crippen LogP contribution in [0, 0.1) is 0 Å². The number of nitrogens with two attached hydrogens (primary N) is 1. The van der Waals surface area contributed by atoms with Gasteiger partial charge in [-0.1, -0.05) is 155 Å². The van der Waals surface area contributed by atoms with Gasteiger partial charge in [0.05, 0.1) is 0 Å². The molecule has 0 rings (SSSR count). The third-order valence-electron chi connectivity index (χ3n) is 8.11. The second-order valence-corrected chi connectivity index (χ2v) is 12.7. The molecule has 0 aromatic rings. The van der Waals surface area contributed by atoms with Crippen LogP contribution in [0.3, 0.4) is 0 Å². The Morgan fingerprint density at radius 3 is 1.30 bits per heavy atom. The third kappa shape index (κ3) is 33.7. The molecule has 0 aliphatic rings. The van der Waals surface area contributed by atoms with Crippen molar-refractivity contribution in [1.29, 1.82) is 0 Å². The first-order valence-electron chi connectivity index (χ1n) is 18.1. The van der Waals surface area contributed by atoms with Crippen molar-refractivity contribution >= 4 is 20.6 Å². The summed E-state index contributed by atoms with van der Waals surface area (Å²) in [6.45, 7) is 2.95. The molecule has 0 saturated heterocycles. The Labute approximate surface area is 266 Å². The molecule has 0 unspecified atom stereocenters. The molecule has 8 heteroatoms. The smallest absolute Gasteiger partial charge is 0.327 e. The van der Waals surface area contributed by atoms with Gasteiger partial charge in [-0.25, -0.2) is 4.57 Å². The Balaban J connectivity index is 3.72. The maximum absolute atomic E-state index is 12.3. The molecule has 7 nitrogen and oxygen atoms in total. The number of ether oxygens (including phenoxy) is 2. The van der Waals surface area contributed by atoms with E-state index in [0.29, 0.717) is 12.8 Å². The van der Waals surface area contributed by atoms with Gasteiger partial charge in [0.1, 0.15) is 13.2 Å². The largest absolute Gasteiger partial charge is 0.462 e. The van der Waals surface area contributed by atoms with Crippen LogP contribution in [-0.2, 0) is 28.2 Å². The molecule has 0 bridgehead atoms. The van der Waals surface area contributed by atoms with E-state index in [2.05, 4.69) is 6.92 Å². The van der Waals surface area contributed by atoms with Crippen LogP contribution in [0.2, 0.25) is 0 Å². The number of carbonyl (C=O) groups excluding carboxylic acids is 2. The Morgan fingerprint density at radius 1 is 0.535 bits per heavy atom. The molecular weight excluding hydrogens is 561 g/mol. The highest BCUT2D eigenvalue weighted by atomic mass is 31.1. The molecule has 2 N–H and O–H groups in total. The molecule has 0 heterocycles. The number of rotatable bonds is 35. The van der Waals surface area contributed by atoms with E-state index in [1.807, 2.05) is 0 Å². The summed E-state index contributed by atoms with van der Waals surface area (Å²) in [6, 6.07) is 0. The summed E-state index contributed by atoms with van der Waals surface area (Å²) < 4.78 is 26.4.